The molecule has 4 fully saturated rings. The molecule has 0 bridgehead atoms. The van der Waals surface area contributed by atoms with E-state index in [0.717, 1.165) is 24.2 Å². The Morgan fingerprint density at radius 3 is 2.50 bits per heavy atom. The van der Waals surface area contributed by atoms with Gasteiger partial charge in [-0.25, -0.2) is 0 Å². The summed E-state index contributed by atoms with van der Waals surface area (Å²) in [4.78, 5) is 11.7. The summed E-state index contributed by atoms with van der Waals surface area (Å²) < 4.78 is 5.75. The minimum atomic E-state index is -0.410. The van der Waals surface area contributed by atoms with Crippen molar-refractivity contribution in [3.63, 3.8) is 0 Å². The van der Waals surface area contributed by atoms with Crippen LogP contribution in [0.4, 0.5) is 0 Å². The predicted octanol–water partition coefficient (Wildman–Crippen LogP) is 4.96. The van der Waals surface area contributed by atoms with Gasteiger partial charge in [-0.3, -0.25) is 4.79 Å². The van der Waals surface area contributed by atoms with E-state index in [4.69, 9.17) is 4.74 Å². The monoisotopic (exact) mass is 362 g/mol. The molecule has 0 radical (unpaired) electrons. The third-order valence-electron chi connectivity index (χ3n) is 9.51. The molecule has 26 heavy (non-hydrogen) atoms. The fourth-order valence-corrected chi connectivity index (χ4v) is 8.52. The molecule has 0 aliphatic heterocycles. The van der Waals surface area contributed by atoms with Crippen molar-refractivity contribution in [2.45, 2.75) is 97.7 Å². The molecule has 9 atom stereocenters. The van der Waals surface area contributed by atoms with Crippen LogP contribution in [0.1, 0.15) is 85.5 Å². The highest BCUT2D eigenvalue weighted by molar-refractivity contribution is 5.66. The van der Waals surface area contributed by atoms with E-state index >= 15 is 0 Å². The standard InChI is InChI=1S/C23H38O3/c1-14(24)21-20(26-15(2)25)13-19-17-9-8-16-7-5-6-11-22(16,3)18(17)10-12-23(19,21)4/h14,16-21,24H,5-13H2,1-4H3/t14-,16+,17+,18-,19-,20+,21-,22-,23-/m0/s1. The SMILES string of the molecule is CC(=O)O[C@@H]1C[C@H]2[C@@H]3CC[C@H]4CCCC[C@]4(C)[C@H]3CC[C@]2(C)[C@H]1[C@H](C)O. The van der Waals surface area contributed by atoms with Crippen molar-refractivity contribution in [1.29, 1.82) is 0 Å². The number of hydrogen-bond acceptors (Lipinski definition) is 3. The maximum atomic E-state index is 11.7. The molecule has 0 unspecified atom stereocenters. The molecule has 0 aromatic rings. The molecule has 1 N–H and O–H groups in total. The van der Waals surface area contributed by atoms with Gasteiger partial charge in [-0.2, -0.15) is 0 Å². The highest BCUT2D eigenvalue weighted by atomic mass is 16.5. The van der Waals surface area contributed by atoms with Gasteiger partial charge < -0.3 is 9.84 Å². The van der Waals surface area contributed by atoms with E-state index in [9.17, 15) is 9.90 Å². The van der Waals surface area contributed by atoms with Gasteiger partial charge in [-0.15, -0.1) is 0 Å². The van der Waals surface area contributed by atoms with Crippen LogP contribution in [0.25, 0.3) is 0 Å². The number of ether oxygens (including phenoxy) is 1. The highest BCUT2D eigenvalue weighted by Gasteiger charge is 2.63. The Morgan fingerprint density at radius 1 is 1.04 bits per heavy atom. The van der Waals surface area contributed by atoms with Gasteiger partial charge >= 0.3 is 5.97 Å². The second kappa shape index (κ2) is 6.50. The first-order valence-electron chi connectivity index (χ1n) is 11.1. The van der Waals surface area contributed by atoms with Crippen molar-refractivity contribution >= 4 is 5.97 Å². The highest BCUT2D eigenvalue weighted by Crippen LogP contribution is 2.68. The molecule has 4 aliphatic rings. The third-order valence-corrected chi connectivity index (χ3v) is 9.51. The van der Waals surface area contributed by atoms with E-state index in [1.807, 2.05) is 6.92 Å². The molecule has 3 nitrogen and oxygen atoms in total. The first-order chi connectivity index (χ1) is 12.3. The average Bonchev–Trinajstić information content (AvgIpc) is 2.85. The van der Waals surface area contributed by atoms with E-state index in [1.165, 1.54) is 58.3 Å². The normalized spacial score (nSPS) is 51.7. The van der Waals surface area contributed by atoms with Crippen molar-refractivity contribution in [3.05, 3.63) is 0 Å². The first kappa shape index (κ1) is 18.8. The zero-order chi connectivity index (χ0) is 18.7. The van der Waals surface area contributed by atoms with E-state index in [0.29, 0.717) is 11.3 Å². The van der Waals surface area contributed by atoms with Crippen LogP contribution < -0.4 is 0 Å². The molecular formula is C23H38O3. The fraction of sp³-hybridized carbons (Fsp3) is 0.957. The van der Waals surface area contributed by atoms with Crippen LogP contribution in [0.5, 0.6) is 0 Å². The topological polar surface area (TPSA) is 46.5 Å². The number of rotatable bonds is 2. The van der Waals surface area contributed by atoms with Crippen LogP contribution in [0.2, 0.25) is 0 Å². The molecule has 0 aromatic heterocycles. The molecule has 0 amide bonds. The van der Waals surface area contributed by atoms with Gasteiger partial charge in [-0.1, -0.05) is 26.7 Å². The van der Waals surface area contributed by atoms with Gasteiger partial charge in [0.05, 0.1) is 6.10 Å². The quantitative estimate of drug-likeness (QED) is 0.706. The second-order valence-corrected chi connectivity index (χ2v) is 10.6. The van der Waals surface area contributed by atoms with Crippen LogP contribution in [0.15, 0.2) is 0 Å². The summed E-state index contributed by atoms with van der Waals surface area (Å²) in [6, 6.07) is 0. The lowest BCUT2D eigenvalue weighted by Gasteiger charge is -2.60. The Balaban J connectivity index is 1.64. The molecule has 4 aliphatic carbocycles. The van der Waals surface area contributed by atoms with E-state index in [-0.39, 0.29) is 23.4 Å². The molecule has 4 saturated carbocycles. The van der Waals surface area contributed by atoms with Gasteiger partial charge in [0.15, 0.2) is 0 Å². The summed E-state index contributed by atoms with van der Waals surface area (Å²) in [6.07, 6.45) is 11.4. The van der Waals surface area contributed by atoms with Crippen molar-refractivity contribution in [3.8, 4) is 0 Å². The maximum absolute atomic E-state index is 11.7. The average molecular weight is 363 g/mol. The summed E-state index contributed by atoms with van der Waals surface area (Å²) in [7, 11) is 0. The number of aliphatic hydroxyl groups excluding tert-OH is 1. The maximum Gasteiger partial charge on any atom is 0.302 e. The number of hydrogen-bond donors (Lipinski definition) is 1. The number of carbonyl (C=O) groups excluding carboxylic acids is 1. The van der Waals surface area contributed by atoms with Gasteiger partial charge in [-0.05, 0) is 86.4 Å². The van der Waals surface area contributed by atoms with Crippen molar-refractivity contribution in [2.24, 2.45) is 40.4 Å². The van der Waals surface area contributed by atoms with Crippen LogP contribution in [-0.4, -0.2) is 23.3 Å². The summed E-state index contributed by atoms with van der Waals surface area (Å²) in [6.45, 7) is 8.41. The van der Waals surface area contributed by atoms with E-state index < -0.39 is 6.10 Å². The van der Waals surface area contributed by atoms with Gasteiger partial charge in [0.25, 0.3) is 0 Å². The fourth-order valence-electron chi connectivity index (χ4n) is 8.52. The van der Waals surface area contributed by atoms with E-state index in [2.05, 4.69) is 13.8 Å². The Kier molecular flexibility index (Phi) is 4.69. The smallest absolute Gasteiger partial charge is 0.302 e. The van der Waals surface area contributed by atoms with E-state index in [1.54, 1.807) is 0 Å². The van der Waals surface area contributed by atoms with Gasteiger partial charge in [0.1, 0.15) is 6.10 Å². The van der Waals surface area contributed by atoms with Crippen LogP contribution in [0, 0.1) is 40.4 Å². The van der Waals surface area contributed by atoms with Crippen LogP contribution in [0.3, 0.4) is 0 Å². The number of aliphatic hydroxyl groups is 1. The molecule has 0 heterocycles. The second-order valence-electron chi connectivity index (χ2n) is 10.6. The Hall–Kier alpha value is -0.570. The van der Waals surface area contributed by atoms with Crippen LogP contribution in [-0.2, 0) is 9.53 Å². The zero-order valence-corrected chi connectivity index (χ0v) is 17.2. The predicted molar refractivity (Wildman–Crippen MR) is 102 cm³/mol. The summed E-state index contributed by atoms with van der Waals surface area (Å²) in [5, 5.41) is 10.6. The molecule has 0 saturated heterocycles. The number of esters is 1. The lowest BCUT2D eigenvalue weighted by molar-refractivity contribution is -0.152. The van der Waals surface area contributed by atoms with Crippen molar-refractivity contribution in [1.82, 2.24) is 0 Å². The number of carbonyl (C=O) groups is 1. The Bertz CT molecular complexity index is 558. The first-order valence-corrected chi connectivity index (χ1v) is 11.1. The molecule has 3 heteroatoms. The van der Waals surface area contributed by atoms with Gasteiger partial charge in [0.2, 0.25) is 0 Å². The Labute approximate surface area is 159 Å². The third kappa shape index (κ3) is 2.67. The number of fused-ring (bicyclic) bond motifs is 5. The summed E-state index contributed by atoms with van der Waals surface area (Å²) >= 11 is 0. The minimum Gasteiger partial charge on any atom is -0.462 e. The lowest BCUT2D eigenvalue weighted by atomic mass is 9.45. The Morgan fingerprint density at radius 2 is 1.81 bits per heavy atom. The largest absolute Gasteiger partial charge is 0.462 e. The van der Waals surface area contributed by atoms with Gasteiger partial charge in [0, 0.05) is 12.8 Å². The lowest BCUT2D eigenvalue weighted by Crippen LogP contribution is -2.53. The summed E-state index contributed by atoms with van der Waals surface area (Å²) in [5.41, 5.74) is 0.648. The molecular weight excluding hydrogens is 324 g/mol. The minimum absolute atomic E-state index is 0.0919. The molecule has 0 spiro atoms. The molecule has 4 rings (SSSR count). The summed E-state index contributed by atoms with van der Waals surface area (Å²) in [5.74, 6) is 3.03. The van der Waals surface area contributed by atoms with Crippen molar-refractivity contribution in [2.75, 3.05) is 0 Å². The van der Waals surface area contributed by atoms with Crippen molar-refractivity contribution < 1.29 is 14.6 Å². The molecule has 0 aromatic carbocycles. The van der Waals surface area contributed by atoms with Crippen LogP contribution >= 0.6 is 0 Å². The zero-order valence-electron chi connectivity index (χ0n) is 17.2. The molecule has 148 valence electrons.